The van der Waals surface area contributed by atoms with Crippen LogP contribution in [0.1, 0.15) is 21.7 Å². The number of nitrogens with zero attached hydrogens (tertiary/aromatic N) is 2. The number of ether oxygens (including phenoxy) is 1. The van der Waals surface area contributed by atoms with Crippen molar-refractivity contribution in [3.63, 3.8) is 0 Å². The van der Waals surface area contributed by atoms with Gasteiger partial charge in [0.1, 0.15) is 0 Å². The number of hydrogen-bond acceptors (Lipinski definition) is 3. The number of halogens is 1. The summed E-state index contributed by atoms with van der Waals surface area (Å²) >= 11 is 6.11. The van der Waals surface area contributed by atoms with E-state index in [0.29, 0.717) is 10.7 Å². The van der Waals surface area contributed by atoms with Crippen molar-refractivity contribution in [1.82, 2.24) is 9.78 Å². The predicted octanol–water partition coefficient (Wildman–Crippen LogP) is 2.93. The lowest BCUT2D eigenvalue weighted by molar-refractivity contribution is 0.0593. The second-order valence-corrected chi connectivity index (χ2v) is 4.32. The molecule has 1 aromatic heterocycles. The Labute approximate surface area is 110 Å². The molecular formula is C13H13ClN2O2. The minimum atomic E-state index is -0.532. The lowest BCUT2D eigenvalue weighted by Gasteiger charge is -2.07. The van der Waals surface area contributed by atoms with Crippen molar-refractivity contribution in [3.05, 3.63) is 46.2 Å². The SMILES string of the molecule is COC(=O)c1nn(-c2ccccc2C)c(C)c1Cl. The molecule has 94 valence electrons. The molecule has 0 saturated heterocycles. The molecule has 0 unspecified atom stereocenters. The van der Waals surface area contributed by atoms with Crippen LogP contribution in [0.3, 0.4) is 0 Å². The van der Waals surface area contributed by atoms with E-state index < -0.39 is 5.97 Å². The zero-order valence-corrected chi connectivity index (χ0v) is 11.2. The highest BCUT2D eigenvalue weighted by Crippen LogP contribution is 2.24. The van der Waals surface area contributed by atoms with Gasteiger partial charge in [-0.15, -0.1) is 0 Å². The third-order valence-corrected chi connectivity index (χ3v) is 3.22. The Hall–Kier alpha value is -1.81. The van der Waals surface area contributed by atoms with E-state index in [0.717, 1.165) is 11.3 Å². The minimum absolute atomic E-state index is 0.139. The highest BCUT2D eigenvalue weighted by molar-refractivity contribution is 6.34. The van der Waals surface area contributed by atoms with Gasteiger partial charge in [0.15, 0.2) is 5.69 Å². The maximum absolute atomic E-state index is 11.5. The van der Waals surface area contributed by atoms with Gasteiger partial charge in [-0.1, -0.05) is 29.8 Å². The van der Waals surface area contributed by atoms with Gasteiger partial charge in [0.2, 0.25) is 0 Å². The van der Waals surface area contributed by atoms with Crippen LogP contribution in [0.15, 0.2) is 24.3 Å². The molecule has 0 aliphatic rings. The zero-order valence-electron chi connectivity index (χ0n) is 10.4. The normalized spacial score (nSPS) is 10.4. The Morgan fingerprint density at radius 1 is 1.33 bits per heavy atom. The molecule has 0 aliphatic carbocycles. The molecule has 0 saturated carbocycles. The van der Waals surface area contributed by atoms with Crippen molar-refractivity contribution in [2.75, 3.05) is 7.11 Å². The van der Waals surface area contributed by atoms with Gasteiger partial charge in [-0.2, -0.15) is 5.10 Å². The van der Waals surface area contributed by atoms with Gasteiger partial charge in [0, 0.05) is 0 Å². The Kier molecular flexibility index (Phi) is 3.39. The Bertz CT molecular complexity index is 605. The summed E-state index contributed by atoms with van der Waals surface area (Å²) in [6, 6.07) is 7.75. The van der Waals surface area contributed by atoms with E-state index in [4.69, 9.17) is 11.6 Å². The number of aromatic nitrogens is 2. The summed E-state index contributed by atoms with van der Waals surface area (Å²) in [5.41, 5.74) is 2.80. The predicted molar refractivity (Wildman–Crippen MR) is 69.4 cm³/mol. The number of carbonyl (C=O) groups excluding carboxylic acids is 1. The van der Waals surface area contributed by atoms with E-state index in [1.54, 1.807) is 4.68 Å². The van der Waals surface area contributed by atoms with E-state index in [1.165, 1.54) is 7.11 Å². The highest BCUT2D eigenvalue weighted by atomic mass is 35.5. The molecule has 0 aliphatic heterocycles. The topological polar surface area (TPSA) is 44.1 Å². The Balaban J connectivity index is 2.60. The van der Waals surface area contributed by atoms with Crippen LogP contribution in [0.2, 0.25) is 5.02 Å². The number of esters is 1. The fourth-order valence-electron chi connectivity index (χ4n) is 1.75. The maximum atomic E-state index is 11.5. The summed E-state index contributed by atoms with van der Waals surface area (Å²) in [6.45, 7) is 3.79. The number of aryl methyl sites for hydroxylation is 1. The van der Waals surface area contributed by atoms with Crippen molar-refractivity contribution in [2.24, 2.45) is 0 Å². The summed E-state index contributed by atoms with van der Waals surface area (Å²) in [5, 5.41) is 4.55. The van der Waals surface area contributed by atoms with Crippen molar-refractivity contribution in [2.45, 2.75) is 13.8 Å². The summed E-state index contributed by atoms with van der Waals surface area (Å²) in [6.07, 6.45) is 0. The van der Waals surface area contributed by atoms with Crippen LogP contribution in [0.5, 0.6) is 0 Å². The standard InChI is InChI=1S/C13H13ClN2O2/c1-8-6-4-5-7-10(8)16-9(2)11(14)12(15-16)13(17)18-3/h4-7H,1-3H3. The molecule has 1 aromatic carbocycles. The van der Waals surface area contributed by atoms with Crippen LogP contribution < -0.4 is 0 Å². The minimum Gasteiger partial charge on any atom is -0.464 e. The maximum Gasteiger partial charge on any atom is 0.360 e. The molecule has 0 fully saturated rings. The molecule has 0 bridgehead atoms. The molecule has 2 aromatic rings. The fraction of sp³-hybridized carbons (Fsp3) is 0.231. The Morgan fingerprint density at radius 3 is 2.61 bits per heavy atom. The first kappa shape index (κ1) is 12.6. The van der Waals surface area contributed by atoms with Crippen molar-refractivity contribution in [3.8, 4) is 5.69 Å². The summed E-state index contributed by atoms with van der Waals surface area (Å²) in [7, 11) is 1.31. The fourth-order valence-corrected chi connectivity index (χ4v) is 1.94. The number of para-hydroxylation sites is 1. The molecule has 5 heteroatoms. The number of hydrogen-bond donors (Lipinski definition) is 0. The lowest BCUT2D eigenvalue weighted by atomic mass is 10.2. The van der Waals surface area contributed by atoms with E-state index in [1.807, 2.05) is 38.1 Å². The molecule has 4 nitrogen and oxygen atoms in total. The summed E-state index contributed by atoms with van der Waals surface area (Å²) in [4.78, 5) is 11.5. The second kappa shape index (κ2) is 4.82. The van der Waals surface area contributed by atoms with E-state index >= 15 is 0 Å². The van der Waals surface area contributed by atoms with Gasteiger partial charge in [0.05, 0.1) is 23.5 Å². The largest absolute Gasteiger partial charge is 0.464 e. The van der Waals surface area contributed by atoms with Gasteiger partial charge in [-0.05, 0) is 25.5 Å². The van der Waals surface area contributed by atoms with E-state index in [2.05, 4.69) is 9.84 Å². The van der Waals surface area contributed by atoms with Crippen LogP contribution >= 0.6 is 11.6 Å². The quantitative estimate of drug-likeness (QED) is 0.784. The van der Waals surface area contributed by atoms with Crippen LogP contribution in [0.4, 0.5) is 0 Å². The number of carbonyl (C=O) groups is 1. The van der Waals surface area contributed by atoms with E-state index in [-0.39, 0.29) is 5.69 Å². The lowest BCUT2D eigenvalue weighted by Crippen LogP contribution is -2.05. The first-order valence-corrected chi connectivity index (χ1v) is 5.83. The zero-order chi connectivity index (χ0) is 13.3. The first-order chi connectivity index (χ1) is 8.56. The highest BCUT2D eigenvalue weighted by Gasteiger charge is 2.20. The van der Waals surface area contributed by atoms with E-state index in [9.17, 15) is 4.79 Å². The monoisotopic (exact) mass is 264 g/mol. The van der Waals surface area contributed by atoms with Gasteiger partial charge < -0.3 is 4.74 Å². The molecule has 18 heavy (non-hydrogen) atoms. The van der Waals surface area contributed by atoms with Crippen LogP contribution in [0, 0.1) is 13.8 Å². The van der Waals surface area contributed by atoms with Crippen LogP contribution in [0.25, 0.3) is 5.69 Å². The molecular weight excluding hydrogens is 252 g/mol. The third-order valence-electron chi connectivity index (χ3n) is 2.77. The molecule has 1 heterocycles. The van der Waals surface area contributed by atoms with Crippen LogP contribution in [-0.2, 0) is 4.74 Å². The van der Waals surface area contributed by atoms with Gasteiger partial charge in [0.25, 0.3) is 0 Å². The molecule has 0 atom stereocenters. The summed E-state index contributed by atoms with van der Waals surface area (Å²) < 4.78 is 6.31. The molecule has 0 N–H and O–H groups in total. The average Bonchev–Trinajstić information content (AvgIpc) is 2.67. The average molecular weight is 265 g/mol. The van der Waals surface area contributed by atoms with Gasteiger partial charge >= 0.3 is 5.97 Å². The number of benzene rings is 1. The molecule has 0 spiro atoms. The van der Waals surface area contributed by atoms with Crippen molar-refractivity contribution in [1.29, 1.82) is 0 Å². The Morgan fingerprint density at radius 2 is 2.00 bits per heavy atom. The second-order valence-electron chi connectivity index (χ2n) is 3.94. The van der Waals surface area contributed by atoms with Gasteiger partial charge in [-0.3, -0.25) is 0 Å². The van der Waals surface area contributed by atoms with Crippen molar-refractivity contribution < 1.29 is 9.53 Å². The van der Waals surface area contributed by atoms with Gasteiger partial charge in [-0.25, -0.2) is 9.48 Å². The molecule has 2 rings (SSSR count). The summed E-state index contributed by atoms with van der Waals surface area (Å²) in [5.74, 6) is -0.532. The third kappa shape index (κ3) is 1.99. The molecule has 0 radical (unpaired) electrons. The molecule has 0 amide bonds. The number of methoxy groups -OCH3 is 1. The number of rotatable bonds is 2. The van der Waals surface area contributed by atoms with Crippen molar-refractivity contribution >= 4 is 17.6 Å². The smallest absolute Gasteiger partial charge is 0.360 e. The first-order valence-electron chi connectivity index (χ1n) is 5.45. The van der Waals surface area contributed by atoms with Crippen LogP contribution in [-0.4, -0.2) is 22.9 Å².